The SMILES string of the molecule is COC(=O)c1ccc(NC(=O)[C@@H]2CC(=O)N(c3ccccc3F)C2)cc1. The van der Waals surface area contributed by atoms with Gasteiger partial charge in [-0.3, -0.25) is 9.59 Å². The van der Waals surface area contributed by atoms with Gasteiger partial charge in [-0.15, -0.1) is 0 Å². The number of hydrogen-bond acceptors (Lipinski definition) is 4. The normalized spacial score (nSPS) is 16.5. The van der Waals surface area contributed by atoms with Gasteiger partial charge in [-0.25, -0.2) is 9.18 Å². The Morgan fingerprint density at radius 1 is 1.15 bits per heavy atom. The van der Waals surface area contributed by atoms with Crippen LogP contribution in [0.3, 0.4) is 0 Å². The van der Waals surface area contributed by atoms with E-state index in [2.05, 4.69) is 10.1 Å². The van der Waals surface area contributed by atoms with Crippen molar-refractivity contribution in [2.75, 3.05) is 23.9 Å². The molecule has 1 saturated heterocycles. The molecule has 7 heteroatoms. The number of hydrogen-bond donors (Lipinski definition) is 1. The molecule has 6 nitrogen and oxygen atoms in total. The molecular weight excluding hydrogens is 339 g/mol. The van der Waals surface area contributed by atoms with Crippen LogP contribution in [-0.2, 0) is 14.3 Å². The van der Waals surface area contributed by atoms with Crippen LogP contribution in [0.4, 0.5) is 15.8 Å². The summed E-state index contributed by atoms with van der Waals surface area (Å²) in [5.41, 5.74) is 1.04. The van der Waals surface area contributed by atoms with Gasteiger partial charge in [0.25, 0.3) is 0 Å². The number of methoxy groups -OCH3 is 1. The van der Waals surface area contributed by atoms with Gasteiger partial charge in [0.15, 0.2) is 0 Å². The highest BCUT2D eigenvalue weighted by Crippen LogP contribution is 2.28. The van der Waals surface area contributed by atoms with Crippen LogP contribution in [0, 0.1) is 11.7 Å². The quantitative estimate of drug-likeness (QED) is 0.855. The molecule has 1 aliphatic heterocycles. The number of carbonyl (C=O) groups is 3. The summed E-state index contributed by atoms with van der Waals surface area (Å²) in [6, 6.07) is 12.2. The number of benzene rings is 2. The number of carbonyl (C=O) groups excluding carboxylic acids is 3. The monoisotopic (exact) mass is 356 g/mol. The van der Waals surface area contributed by atoms with Crippen LogP contribution in [-0.4, -0.2) is 31.4 Å². The van der Waals surface area contributed by atoms with Crippen molar-refractivity contribution in [1.82, 2.24) is 0 Å². The smallest absolute Gasteiger partial charge is 0.337 e. The molecule has 0 aliphatic carbocycles. The van der Waals surface area contributed by atoms with Crippen molar-refractivity contribution in [3.05, 3.63) is 59.9 Å². The minimum atomic E-state index is -0.581. The third-order valence-electron chi connectivity index (χ3n) is 4.21. The fraction of sp³-hybridized carbons (Fsp3) is 0.211. The molecule has 2 aromatic carbocycles. The maximum Gasteiger partial charge on any atom is 0.337 e. The van der Waals surface area contributed by atoms with E-state index in [-0.39, 0.29) is 30.5 Å². The fourth-order valence-electron chi connectivity index (χ4n) is 2.84. The van der Waals surface area contributed by atoms with E-state index in [0.29, 0.717) is 11.3 Å². The Morgan fingerprint density at radius 3 is 2.50 bits per heavy atom. The molecule has 0 radical (unpaired) electrons. The van der Waals surface area contributed by atoms with Crippen molar-refractivity contribution in [1.29, 1.82) is 0 Å². The van der Waals surface area contributed by atoms with Crippen molar-refractivity contribution < 1.29 is 23.5 Å². The van der Waals surface area contributed by atoms with E-state index in [1.165, 1.54) is 36.3 Å². The highest BCUT2D eigenvalue weighted by molar-refractivity contribution is 6.03. The van der Waals surface area contributed by atoms with E-state index in [9.17, 15) is 18.8 Å². The van der Waals surface area contributed by atoms with Gasteiger partial charge in [-0.05, 0) is 36.4 Å². The summed E-state index contributed by atoms with van der Waals surface area (Å²) in [6.07, 6.45) is 0.0143. The van der Waals surface area contributed by atoms with Crippen LogP contribution in [0.2, 0.25) is 0 Å². The van der Waals surface area contributed by atoms with Gasteiger partial charge in [0.1, 0.15) is 5.82 Å². The van der Waals surface area contributed by atoms with Crippen LogP contribution >= 0.6 is 0 Å². The van der Waals surface area contributed by atoms with Crippen LogP contribution < -0.4 is 10.2 Å². The Bertz CT molecular complexity index is 851. The second-order valence-corrected chi connectivity index (χ2v) is 5.91. The molecule has 26 heavy (non-hydrogen) atoms. The summed E-state index contributed by atoms with van der Waals surface area (Å²) in [7, 11) is 1.29. The minimum Gasteiger partial charge on any atom is -0.465 e. The first-order valence-electron chi connectivity index (χ1n) is 8.03. The van der Waals surface area contributed by atoms with E-state index >= 15 is 0 Å². The predicted octanol–water partition coefficient (Wildman–Crippen LogP) is 2.60. The highest BCUT2D eigenvalue weighted by Gasteiger charge is 2.36. The number of esters is 1. The number of amides is 2. The average molecular weight is 356 g/mol. The molecule has 1 aliphatic rings. The summed E-state index contributed by atoms with van der Waals surface area (Å²) in [5, 5.41) is 2.71. The highest BCUT2D eigenvalue weighted by atomic mass is 19.1. The first-order valence-corrected chi connectivity index (χ1v) is 8.03. The molecule has 0 aromatic heterocycles. The van der Waals surface area contributed by atoms with Gasteiger partial charge in [0.2, 0.25) is 11.8 Å². The van der Waals surface area contributed by atoms with Gasteiger partial charge in [-0.2, -0.15) is 0 Å². The summed E-state index contributed by atoms with van der Waals surface area (Å²) in [6.45, 7) is 0.117. The molecule has 134 valence electrons. The van der Waals surface area contributed by atoms with Gasteiger partial charge in [-0.1, -0.05) is 12.1 Å². The Kier molecular flexibility index (Phi) is 4.97. The van der Waals surface area contributed by atoms with Crippen LogP contribution in [0.1, 0.15) is 16.8 Å². The number of nitrogens with one attached hydrogen (secondary N) is 1. The zero-order valence-corrected chi connectivity index (χ0v) is 14.1. The second-order valence-electron chi connectivity index (χ2n) is 5.91. The number of para-hydroxylation sites is 1. The van der Waals surface area contributed by atoms with Gasteiger partial charge < -0.3 is 15.0 Å². The molecule has 3 rings (SSSR count). The zero-order chi connectivity index (χ0) is 18.7. The first kappa shape index (κ1) is 17.6. The molecule has 0 spiro atoms. The van der Waals surface area contributed by atoms with Crippen molar-refractivity contribution in [2.24, 2.45) is 5.92 Å². The molecular formula is C19H17FN2O4. The van der Waals surface area contributed by atoms with Crippen molar-refractivity contribution >= 4 is 29.2 Å². The Labute approximate surface area is 149 Å². The lowest BCUT2D eigenvalue weighted by molar-refractivity contribution is -0.122. The predicted molar refractivity (Wildman–Crippen MR) is 93.3 cm³/mol. The third kappa shape index (κ3) is 3.56. The van der Waals surface area contributed by atoms with E-state index < -0.39 is 17.7 Å². The van der Waals surface area contributed by atoms with E-state index in [4.69, 9.17) is 0 Å². The molecule has 1 atom stereocenters. The molecule has 1 fully saturated rings. The summed E-state index contributed by atoms with van der Waals surface area (Å²) in [4.78, 5) is 37.3. The molecule has 2 aromatic rings. The lowest BCUT2D eigenvalue weighted by atomic mass is 10.1. The largest absolute Gasteiger partial charge is 0.465 e. The molecule has 0 bridgehead atoms. The summed E-state index contributed by atoms with van der Waals surface area (Å²) < 4.78 is 18.5. The van der Waals surface area contributed by atoms with E-state index in [1.54, 1.807) is 24.3 Å². The third-order valence-corrected chi connectivity index (χ3v) is 4.21. The van der Waals surface area contributed by atoms with Crippen LogP contribution in [0.5, 0.6) is 0 Å². The number of rotatable bonds is 4. The standard InChI is InChI=1S/C19H17FN2O4/c1-26-19(25)12-6-8-14(9-7-12)21-18(24)13-10-17(23)22(11-13)16-5-3-2-4-15(16)20/h2-9,13H,10-11H2,1H3,(H,21,24)/t13-/m1/s1. The first-order chi connectivity index (χ1) is 12.5. The van der Waals surface area contributed by atoms with Crippen molar-refractivity contribution in [3.8, 4) is 0 Å². The maximum absolute atomic E-state index is 13.9. The average Bonchev–Trinajstić information content (AvgIpc) is 3.04. The molecule has 1 heterocycles. The molecule has 0 saturated carbocycles. The fourth-order valence-corrected chi connectivity index (χ4v) is 2.84. The Balaban J connectivity index is 1.67. The van der Waals surface area contributed by atoms with Crippen LogP contribution in [0.15, 0.2) is 48.5 Å². The summed E-state index contributed by atoms with van der Waals surface area (Å²) in [5.74, 6) is -2.17. The summed E-state index contributed by atoms with van der Waals surface area (Å²) >= 11 is 0. The van der Waals surface area contributed by atoms with Gasteiger partial charge in [0, 0.05) is 18.7 Å². The Hall–Kier alpha value is -3.22. The topological polar surface area (TPSA) is 75.7 Å². The van der Waals surface area contributed by atoms with Gasteiger partial charge in [0.05, 0.1) is 24.3 Å². The van der Waals surface area contributed by atoms with Crippen molar-refractivity contribution in [2.45, 2.75) is 6.42 Å². The number of anilines is 2. The number of ether oxygens (including phenoxy) is 1. The molecule has 2 amide bonds. The molecule has 0 unspecified atom stereocenters. The zero-order valence-electron chi connectivity index (χ0n) is 14.1. The second kappa shape index (κ2) is 7.35. The number of nitrogens with zero attached hydrogens (tertiary/aromatic N) is 1. The Morgan fingerprint density at radius 2 is 1.85 bits per heavy atom. The minimum absolute atomic E-state index is 0.0143. The van der Waals surface area contributed by atoms with E-state index in [1.807, 2.05) is 0 Å². The maximum atomic E-state index is 13.9. The van der Waals surface area contributed by atoms with E-state index in [0.717, 1.165) is 0 Å². The number of halogens is 1. The van der Waals surface area contributed by atoms with Gasteiger partial charge >= 0.3 is 5.97 Å². The van der Waals surface area contributed by atoms with Crippen LogP contribution in [0.25, 0.3) is 0 Å². The van der Waals surface area contributed by atoms with Crippen molar-refractivity contribution in [3.63, 3.8) is 0 Å². The molecule has 1 N–H and O–H groups in total. The lowest BCUT2D eigenvalue weighted by Gasteiger charge is -2.17. The lowest BCUT2D eigenvalue weighted by Crippen LogP contribution is -2.28.